The van der Waals surface area contributed by atoms with Crippen LogP contribution in [0.3, 0.4) is 0 Å². The van der Waals surface area contributed by atoms with Gasteiger partial charge in [-0.25, -0.2) is 0 Å². The van der Waals surface area contributed by atoms with Crippen molar-refractivity contribution in [1.29, 1.82) is 0 Å². The summed E-state index contributed by atoms with van der Waals surface area (Å²) < 4.78 is 1.90. The number of halogens is 2. The summed E-state index contributed by atoms with van der Waals surface area (Å²) in [6.07, 6.45) is 4.03. The van der Waals surface area contributed by atoms with Crippen molar-refractivity contribution >= 4 is 78.3 Å². The third-order valence-electron chi connectivity index (χ3n) is 5.20. The lowest BCUT2D eigenvalue weighted by Gasteiger charge is -2.24. The van der Waals surface area contributed by atoms with E-state index in [0.29, 0.717) is 21.4 Å². The summed E-state index contributed by atoms with van der Waals surface area (Å²) in [4.78, 5) is 28.1. The fourth-order valence-corrected chi connectivity index (χ4v) is 4.49. The SMILES string of the molecule is CCCN(CCC)C(=S)NC(=O)c1ccc(Br)cc1.CCCN(CCC)C(=S)NC(=O)c1ccc(Br)cc1. The molecule has 2 rings (SSSR count). The first-order chi connectivity index (χ1) is 18.2. The van der Waals surface area contributed by atoms with Crippen molar-refractivity contribution in [1.82, 2.24) is 20.4 Å². The summed E-state index contributed by atoms with van der Waals surface area (Å²) in [6.45, 7) is 11.9. The summed E-state index contributed by atoms with van der Waals surface area (Å²) in [5.41, 5.74) is 1.22. The molecule has 0 saturated carbocycles. The number of rotatable bonds is 10. The topological polar surface area (TPSA) is 64.7 Å². The highest BCUT2D eigenvalue weighted by atomic mass is 79.9. The average Bonchev–Trinajstić information content (AvgIpc) is 2.89. The Morgan fingerprint density at radius 2 is 0.868 bits per heavy atom. The third-order valence-corrected chi connectivity index (χ3v) is 6.98. The second kappa shape index (κ2) is 19.2. The summed E-state index contributed by atoms with van der Waals surface area (Å²) in [6, 6.07) is 14.4. The van der Waals surface area contributed by atoms with E-state index < -0.39 is 0 Å². The fraction of sp³-hybridized carbons (Fsp3) is 0.429. The van der Waals surface area contributed by atoms with Crippen LogP contribution in [0.4, 0.5) is 0 Å². The molecular weight excluding hydrogens is 648 g/mol. The molecule has 0 atom stereocenters. The van der Waals surface area contributed by atoms with Crippen molar-refractivity contribution in [3.8, 4) is 0 Å². The van der Waals surface area contributed by atoms with Crippen LogP contribution < -0.4 is 10.6 Å². The Kier molecular flexibility index (Phi) is 17.3. The minimum absolute atomic E-state index is 0.158. The number of amides is 2. The molecule has 0 spiro atoms. The minimum Gasteiger partial charge on any atom is -0.349 e. The van der Waals surface area contributed by atoms with Gasteiger partial charge in [-0.1, -0.05) is 59.6 Å². The predicted octanol–water partition coefficient (Wildman–Crippen LogP) is 7.17. The zero-order valence-corrected chi connectivity index (χ0v) is 27.4. The number of hydrogen-bond donors (Lipinski definition) is 2. The van der Waals surface area contributed by atoms with Gasteiger partial charge in [0.25, 0.3) is 11.8 Å². The van der Waals surface area contributed by atoms with Crippen molar-refractivity contribution in [3.05, 3.63) is 68.6 Å². The van der Waals surface area contributed by atoms with Gasteiger partial charge in [-0.05, 0) is 98.6 Å². The number of nitrogens with one attached hydrogen (secondary N) is 2. The normalized spacial score (nSPS) is 10.1. The van der Waals surface area contributed by atoms with Crippen LogP contribution in [0, 0.1) is 0 Å². The van der Waals surface area contributed by atoms with Gasteiger partial charge in [-0.15, -0.1) is 0 Å². The summed E-state index contributed by atoms with van der Waals surface area (Å²) in [7, 11) is 0. The number of carbonyl (C=O) groups is 2. The van der Waals surface area contributed by atoms with Crippen molar-refractivity contribution in [3.63, 3.8) is 0 Å². The molecule has 0 bridgehead atoms. The standard InChI is InChI=1S/2C14H19BrN2OS/c2*1-3-9-17(10-4-2)14(19)16-13(18)11-5-7-12(15)8-6-11/h2*5-8H,3-4,9-10H2,1-2H3,(H,16,18,19). The maximum Gasteiger partial charge on any atom is 0.257 e. The van der Waals surface area contributed by atoms with Gasteiger partial charge in [0.1, 0.15) is 0 Å². The van der Waals surface area contributed by atoms with Crippen LogP contribution in [0.5, 0.6) is 0 Å². The number of nitrogens with zero attached hydrogens (tertiary/aromatic N) is 2. The van der Waals surface area contributed by atoms with E-state index in [0.717, 1.165) is 60.8 Å². The zero-order chi connectivity index (χ0) is 28.5. The molecule has 208 valence electrons. The van der Waals surface area contributed by atoms with E-state index in [1.807, 2.05) is 34.1 Å². The Labute approximate surface area is 255 Å². The van der Waals surface area contributed by atoms with Gasteiger partial charge >= 0.3 is 0 Å². The molecule has 2 aromatic rings. The molecule has 0 radical (unpaired) electrons. The highest BCUT2D eigenvalue weighted by Crippen LogP contribution is 2.11. The molecule has 0 heterocycles. The fourth-order valence-electron chi connectivity index (χ4n) is 3.41. The van der Waals surface area contributed by atoms with Crippen LogP contribution in [-0.2, 0) is 0 Å². The van der Waals surface area contributed by atoms with Gasteiger partial charge in [0.2, 0.25) is 0 Å². The van der Waals surface area contributed by atoms with Crippen molar-refractivity contribution in [2.24, 2.45) is 0 Å². The largest absolute Gasteiger partial charge is 0.349 e. The van der Waals surface area contributed by atoms with Crippen molar-refractivity contribution < 1.29 is 9.59 Å². The molecule has 38 heavy (non-hydrogen) atoms. The molecule has 0 saturated heterocycles. The minimum atomic E-state index is -0.158. The average molecular weight is 687 g/mol. The first-order valence-corrected chi connectivity index (χ1v) is 15.3. The highest BCUT2D eigenvalue weighted by molar-refractivity contribution is 9.10. The molecule has 10 heteroatoms. The van der Waals surface area contributed by atoms with E-state index in [1.165, 1.54) is 0 Å². The molecular formula is C28H38Br2N4O2S2. The maximum atomic E-state index is 12.0. The first-order valence-electron chi connectivity index (χ1n) is 12.9. The second-order valence-electron chi connectivity index (χ2n) is 8.51. The molecule has 0 aromatic heterocycles. The van der Waals surface area contributed by atoms with Gasteiger partial charge in [-0.2, -0.15) is 0 Å². The van der Waals surface area contributed by atoms with E-state index >= 15 is 0 Å². The van der Waals surface area contributed by atoms with E-state index in [9.17, 15) is 9.59 Å². The van der Waals surface area contributed by atoms with Crippen LogP contribution >= 0.6 is 56.3 Å². The molecule has 0 aliphatic rings. The lowest BCUT2D eigenvalue weighted by Crippen LogP contribution is -2.43. The van der Waals surface area contributed by atoms with E-state index in [2.05, 4.69) is 70.2 Å². The van der Waals surface area contributed by atoms with E-state index in [4.69, 9.17) is 24.4 Å². The lowest BCUT2D eigenvalue weighted by atomic mass is 10.2. The summed E-state index contributed by atoms with van der Waals surface area (Å²) >= 11 is 17.3. The zero-order valence-electron chi connectivity index (χ0n) is 22.6. The van der Waals surface area contributed by atoms with Gasteiger partial charge < -0.3 is 9.80 Å². The van der Waals surface area contributed by atoms with Crippen molar-refractivity contribution in [2.45, 2.75) is 53.4 Å². The van der Waals surface area contributed by atoms with Crippen LogP contribution in [0.2, 0.25) is 0 Å². The lowest BCUT2D eigenvalue weighted by molar-refractivity contribution is 0.0964. The molecule has 2 N–H and O–H groups in total. The molecule has 6 nitrogen and oxygen atoms in total. The number of carbonyl (C=O) groups excluding carboxylic acids is 2. The Hall–Kier alpha value is -1.88. The smallest absolute Gasteiger partial charge is 0.257 e. The Balaban J connectivity index is 0.000000380. The highest BCUT2D eigenvalue weighted by Gasteiger charge is 2.13. The van der Waals surface area contributed by atoms with Crippen LogP contribution in [0.1, 0.15) is 74.1 Å². The van der Waals surface area contributed by atoms with Gasteiger partial charge in [0.15, 0.2) is 10.2 Å². The van der Waals surface area contributed by atoms with E-state index in [1.54, 1.807) is 24.3 Å². The number of thiocarbonyl (C=S) groups is 2. The summed E-state index contributed by atoms with van der Waals surface area (Å²) in [5, 5.41) is 6.60. The monoisotopic (exact) mass is 684 g/mol. The van der Waals surface area contributed by atoms with Crippen LogP contribution in [-0.4, -0.2) is 58.0 Å². The first kappa shape index (κ1) is 34.1. The molecule has 0 unspecified atom stereocenters. The number of benzene rings is 2. The molecule has 2 aromatic carbocycles. The Bertz CT molecular complexity index is 939. The summed E-state index contributed by atoms with van der Waals surface area (Å²) in [5.74, 6) is -0.315. The molecule has 2 amide bonds. The molecule has 0 fully saturated rings. The maximum absolute atomic E-state index is 12.0. The quantitative estimate of drug-likeness (QED) is 0.259. The Morgan fingerprint density at radius 1 is 0.605 bits per heavy atom. The van der Waals surface area contributed by atoms with Gasteiger partial charge in [0.05, 0.1) is 0 Å². The van der Waals surface area contributed by atoms with Gasteiger partial charge in [0, 0.05) is 46.3 Å². The Morgan fingerprint density at radius 3 is 1.11 bits per heavy atom. The molecule has 0 aliphatic carbocycles. The van der Waals surface area contributed by atoms with Crippen molar-refractivity contribution in [2.75, 3.05) is 26.2 Å². The molecule has 0 aliphatic heterocycles. The van der Waals surface area contributed by atoms with E-state index in [-0.39, 0.29) is 11.8 Å². The van der Waals surface area contributed by atoms with Crippen LogP contribution in [0.15, 0.2) is 57.5 Å². The number of hydrogen-bond acceptors (Lipinski definition) is 4. The van der Waals surface area contributed by atoms with Crippen LogP contribution in [0.25, 0.3) is 0 Å². The third kappa shape index (κ3) is 12.8. The second-order valence-corrected chi connectivity index (χ2v) is 11.1. The predicted molar refractivity (Wildman–Crippen MR) is 173 cm³/mol. The van der Waals surface area contributed by atoms with Gasteiger partial charge in [-0.3, -0.25) is 20.2 Å².